The van der Waals surface area contributed by atoms with Gasteiger partial charge in [0.2, 0.25) is 0 Å². The monoisotopic (exact) mass is 442 g/mol. The fourth-order valence-electron chi connectivity index (χ4n) is 2.88. The third-order valence-corrected chi connectivity index (χ3v) is 5.18. The number of hydrogen-bond donors (Lipinski definition) is 1. The summed E-state index contributed by atoms with van der Waals surface area (Å²) in [4.78, 5) is 26.2. The molecule has 0 bridgehead atoms. The molecule has 28 heavy (non-hydrogen) atoms. The van der Waals surface area contributed by atoms with Gasteiger partial charge in [0.25, 0.3) is 5.91 Å². The molecule has 0 aromatic heterocycles. The van der Waals surface area contributed by atoms with Crippen LogP contribution in [-0.4, -0.2) is 22.9 Å². The van der Waals surface area contributed by atoms with Crippen molar-refractivity contribution < 1.29 is 14.3 Å². The molecule has 3 amide bonds. The topological polar surface area (TPSA) is 58.6 Å². The molecule has 1 atom stereocenters. The van der Waals surface area contributed by atoms with E-state index in [9.17, 15) is 9.59 Å². The number of benzene rings is 2. The van der Waals surface area contributed by atoms with Gasteiger partial charge in [0.15, 0.2) is 0 Å². The molecule has 1 aliphatic heterocycles. The molecule has 0 radical (unpaired) electrons. The van der Waals surface area contributed by atoms with Crippen LogP contribution in [0, 0.1) is 6.92 Å². The van der Waals surface area contributed by atoms with Gasteiger partial charge in [-0.3, -0.25) is 9.69 Å². The number of nitrogens with zero attached hydrogens (tertiary/aromatic N) is 1. The lowest BCUT2D eigenvalue weighted by Crippen LogP contribution is -2.30. The average molecular weight is 443 g/mol. The molecule has 146 valence electrons. The van der Waals surface area contributed by atoms with Crippen LogP contribution >= 0.6 is 15.9 Å². The second-order valence-corrected chi connectivity index (χ2v) is 7.75. The van der Waals surface area contributed by atoms with E-state index in [0.29, 0.717) is 0 Å². The van der Waals surface area contributed by atoms with Crippen LogP contribution in [0.5, 0.6) is 5.75 Å². The molecule has 1 saturated heterocycles. The number of imide groups is 1. The first-order chi connectivity index (χ1) is 13.4. The number of halogens is 1. The summed E-state index contributed by atoms with van der Waals surface area (Å²) in [7, 11) is 0. The predicted octanol–water partition coefficient (Wildman–Crippen LogP) is 5.03. The van der Waals surface area contributed by atoms with Crippen molar-refractivity contribution in [1.29, 1.82) is 0 Å². The zero-order valence-corrected chi connectivity index (χ0v) is 17.7. The Hall–Kier alpha value is -2.60. The van der Waals surface area contributed by atoms with Crippen LogP contribution in [0.2, 0.25) is 0 Å². The maximum atomic E-state index is 12.7. The first-order valence-electron chi connectivity index (χ1n) is 9.23. The van der Waals surface area contributed by atoms with E-state index in [1.165, 1.54) is 4.90 Å². The summed E-state index contributed by atoms with van der Waals surface area (Å²) in [5.41, 5.74) is 3.06. The maximum Gasteiger partial charge on any atom is 0.329 e. The Morgan fingerprint density at radius 2 is 2.00 bits per heavy atom. The summed E-state index contributed by atoms with van der Waals surface area (Å²) in [6.45, 7) is 6.30. The lowest BCUT2D eigenvalue weighted by Gasteiger charge is -2.14. The second-order valence-electron chi connectivity index (χ2n) is 6.90. The molecule has 5 nitrogen and oxygen atoms in total. The molecular weight excluding hydrogens is 420 g/mol. The van der Waals surface area contributed by atoms with Gasteiger partial charge in [0.05, 0.1) is 17.1 Å². The van der Waals surface area contributed by atoms with E-state index >= 15 is 0 Å². The van der Waals surface area contributed by atoms with Crippen LogP contribution in [0.1, 0.15) is 37.0 Å². The fraction of sp³-hybridized carbons (Fsp3) is 0.273. The highest BCUT2D eigenvalue weighted by atomic mass is 79.9. The Labute approximate surface area is 173 Å². The zero-order valence-electron chi connectivity index (χ0n) is 16.2. The molecule has 0 spiro atoms. The smallest absolute Gasteiger partial charge is 0.329 e. The largest absolute Gasteiger partial charge is 0.490 e. The summed E-state index contributed by atoms with van der Waals surface area (Å²) in [6.07, 6.45) is 2.70. The minimum absolute atomic E-state index is 0.117. The molecule has 1 aliphatic rings. The number of rotatable bonds is 6. The zero-order chi connectivity index (χ0) is 20.3. The highest BCUT2D eigenvalue weighted by Crippen LogP contribution is 2.28. The van der Waals surface area contributed by atoms with Gasteiger partial charge in [0.1, 0.15) is 11.4 Å². The standard InChI is InChI=1S/C22H23BrN2O3/c1-4-15(3)28-20-9-8-16(11-18(20)23)12-19-21(26)25(22(27)24-19)13-17-7-5-6-14(2)10-17/h5-12,15H,4,13H2,1-3H3,(H,24,27)/b19-12+/t15-/m0/s1. The van der Waals surface area contributed by atoms with E-state index in [2.05, 4.69) is 28.2 Å². The maximum absolute atomic E-state index is 12.7. The predicted molar refractivity (Wildman–Crippen MR) is 113 cm³/mol. The van der Waals surface area contributed by atoms with Crippen molar-refractivity contribution in [2.45, 2.75) is 39.8 Å². The Balaban J connectivity index is 1.77. The van der Waals surface area contributed by atoms with Gasteiger partial charge in [0, 0.05) is 0 Å². The first-order valence-corrected chi connectivity index (χ1v) is 10.0. The van der Waals surface area contributed by atoms with Crippen molar-refractivity contribution >= 4 is 33.9 Å². The summed E-state index contributed by atoms with van der Waals surface area (Å²) >= 11 is 3.51. The average Bonchev–Trinajstić information content (AvgIpc) is 2.91. The van der Waals surface area contributed by atoms with Gasteiger partial charge >= 0.3 is 6.03 Å². The number of nitrogens with one attached hydrogen (secondary N) is 1. The molecule has 0 unspecified atom stereocenters. The Bertz CT molecular complexity index is 939. The number of aryl methyl sites for hydroxylation is 1. The lowest BCUT2D eigenvalue weighted by atomic mass is 10.1. The van der Waals surface area contributed by atoms with Crippen molar-refractivity contribution in [2.75, 3.05) is 0 Å². The molecule has 1 N–H and O–H groups in total. The van der Waals surface area contributed by atoms with Gasteiger partial charge in [-0.15, -0.1) is 0 Å². The molecular formula is C22H23BrN2O3. The summed E-state index contributed by atoms with van der Waals surface area (Å²) in [5, 5.41) is 2.66. The van der Waals surface area contributed by atoms with Gasteiger partial charge in [-0.2, -0.15) is 0 Å². The molecule has 0 saturated carbocycles. The molecule has 2 aromatic rings. The van der Waals surface area contributed by atoms with Crippen LogP contribution < -0.4 is 10.1 Å². The van der Waals surface area contributed by atoms with Gasteiger partial charge < -0.3 is 10.1 Å². The fourth-order valence-corrected chi connectivity index (χ4v) is 3.37. The number of carbonyl (C=O) groups is 2. The van der Waals surface area contributed by atoms with Gasteiger partial charge in [-0.05, 0) is 65.5 Å². The molecule has 3 rings (SSSR count). The van der Waals surface area contributed by atoms with Crippen molar-refractivity contribution in [3.05, 3.63) is 69.3 Å². The molecule has 1 fully saturated rings. The first kappa shape index (κ1) is 20.1. The normalized spacial score (nSPS) is 16.4. The number of ether oxygens (including phenoxy) is 1. The van der Waals surface area contributed by atoms with E-state index in [0.717, 1.165) is 33.3 Å². The number of amides is 3. The molecule has 6 heteroatoms. The quantitative estimate of drug-likeness (QED) is 0.504. The highest BCUT2D eigenvalue weighted by Gasteiger charge is 2.33. The summed E-state index contributed by atoms with van der Waals surface area (Å²) in [5.74, 6) is 0.418. The summed E-state index contributed by atoms with van der Waals surface area (Å²) in [6, 6.07) is 12.9. The van der Waals surface area contributed by atoms with Crippen LogP contribution in [0.15, 0.2) is 52.6 Å². The van der Waals surface area contributed by atoms with Crippen molar-refractivity contribution in [2.24, 2.45) is 0 Å². The van der Waals surface area contributed by atoms with Gasteiger partial charge in [-0.1, -0.05) is 42.8 Å². The number of carbonyl (C=O) groups excluding carboxylic acids is 2. The molecule has 1 heterocycles. The van der Waals surface area contributed by atoms with Crippen molar-refractivity contribution in [3.63, 3.8) is 0 Å². The lowest BCUT2D eigenvalue weighted by molar-refractivity contribution is -0.123. The van der Waals surface area contributed by atoms with Gasteiger partial charge in [-0.25, -0.2) is 4.79 Å². The minimum atomic E-state index is -0.409. The number of urea groups is 1. The number of hydrogen-bond acceptors (Lipinski definition) is 3. The van der Waals surface area contributed by atoms with Crippen molar-refractivity contribution in [3.8, 4) is 5.75 Å². The van der Waals surface area contributed by atoms with E-state index in [-0.39, 0.29) is 24.3 Å². The van der Waals surface area contributed by atoms with E-state index < -0.39 is 6.03 Å². The highest BCUT2D eigenvalue weighted by molar-refractivity contribution is 9.10. The van der Waals surface area contributed by atoms with E-state index in [1.54, 1.807) is 6.08 Å². The SMILES string of the molecule is CC[C@H](C)Oc1ccc(/C=C2/NC(=O)N(Cc3cccc(C)c3)C2=O)cc1Br. The molecule has 0 aliphatic carbocycles. The Morgan fingerprint density at radius 3 is 2.68 bits per heavy atom. The van der Waals surface area contributed by atoms with Crippen molar-refractivity contribution in [1.82, 2.24) is 10.2 Å². The third kappa shape index (κ3) is 4.62. The van der Waals surface area contributed by atoms with E-state index in [4.69, 9.17) is 4.74 Å². The minimum Gasteiger partial charge on any atom is -0.490 e. The van der Waals surface area contributed by atoms with Crippen LogP contribution in [0.3, 0.4) is 0 Å². The molecule has 2 aromatic carbocycles. The van der Waals surface area contributed by atoms with Crippen LogP contribution in [-0.2, 0) is 11.3 Å². The Kier molecular flexibility index (Phi) is 6.19. The van der Waals surface area contributed by atoms with Crippen LogP contribution in [0.4, 0.5) is 4.79 Å². The summed E-state index contributed by atoms with van der Waals surface area (Å²) < 4.78 is 6.64. The second kappa shape index (κ2) is 8.61. The Morgan fingerprint density at radius 1 is 1.21 bits per heavy atom. The third-order valence-electron chi connectivity index (χ3n) is 4.56. The van der Waals surface area contributed by atoms with E-state index in [1.807, 2.05) is 56.3 Å². The van der Waals surface area contributed by atoms with Crippen LogP contribution in [0.25, 0.3) is 6.08 Å².